The summed E-state index contributed by atoms with van der Waals surface area (Å²) < 4.78 is 38.7. The Bertz CT molecular complexity index is 728. The molecule has 0 fully saturated rings. The van der Waals surface area contributed by atoms with Crippen LogP contribution in [-0.4, -0.2) is 47.9 Å². The van der Waals surface area contributed by atoms with Crippen molar-refractivity contribution >= 4 is 17.2 Å². The first kappa shape index (κ1) is 19.4. The number of alkyl halides is 3. The van der Waals surface area contributed by atoms with Crippen LogP contribution in [0.1, 0.15) is 25.8 Å². The van der Waals surface area contributed by atoms with Crippen molar-refractivity contribution in [1.82, 2.24) is 14.8 Å². The molecule has 0 N–H and O–H groups in total. The average molecular weight is 371 g/mol. The van der Waals surface area contributed by atoms with Gasteiger partial charge in [-0.25, -0.2) is 4.98 Å². The van der Waals surface area contributed by atoms with E-state index in [-0.39, 0.29) is 12.5 Å². The Labute approximate surface area is 148 Å². The van der Waals surface area contributed by atoms with Crippen molar-refractivity contribution in [1.29, 1.82) is 0 Å². The highest BCUT2D eigenvalue weighted by atomic mass is 32.1. The van der Waals surface area contributed by atoms with Gasteiger partial charge in [-0.2, -0.15) is 13.2 Å². The predicted molar refractivity (Wildman–Crippen MR) is 91.6 cm³/mol. The Morgan fingerprint density at radius 2 is 1.96 bits per heavy atom. The summed E-state index contributed by atoms with van der Waals surface area (Å²) in [7, 11) is 3.76. The van der Waals surface area contributed by atoms with E-state index < -0.39 is 11.7 Å². The molecule has 0 unspecified atom stereocenters. The summed E-state index contributed by atoms with van der Waals surface area (Å²) in [5, 5.41) is 0.773. The van der Waals surface area contributed by atoms with Gasteiger partial charge in [0.2, 0.25) is 0 Å². The van der Waals surface area contributed by atoms with Crippen molar-refractivity contribution < 1.29 is 18.0 Å². The molecule has 1 aromatic carbocycles. The van der Waals surface area contributed by atoms with Crippen molar-refractivity contribution in [2.75, 3.05) is 27.2 Å². The number of aryl methyl sites for hydroxylation is 1. The Kier molecular flexibility index (Phi) is 6.18. The molecular formula is C17H20F3N3OS. The number of halogens is 3. The van der Waals surface area contributed by atoms with E-state index in [0.717, 1.165) is 17.1 Å². The maximum absolute atomic E-state index is 12.9. The van der Waals surface area contributed by atoms with E-state index in [0.29, 0.717) is 23.5 Å². The summed E-state index contributed by atoms with van der Waals surface area (Å²) in [4.78, 5) is 20.8. The number of hydrogen-bond donors (Lipinski definition) is 0. The van der Waals surface area contributed by atoms with Crippen molar-refractivity contribution in [3.8, 4) is 0 Å². The van der Waals surface area contributed by atoms with Crippen LogP contribution in [0.5, 0.6) is 0 Å². The second-order valence-corrected chi connectivity index (χ2v) is 7.21. The van der Waals surface area contributed by atoms with E-state index in [2.05, 4.69) is 4.98 Å². The van der Waals surface area contributed by atoms with Gasteiger partial charge in [0.25, 0.3) is 5.91 Å². The van der Waals surface area contributed by atoms with Gasteiger partial charge < -0.3 is 9.80 Å². The summed E-state index contributed by atoms with van der Waals surface area (Å²) in [6.45, 7) is 2.95. The third-order valence-electron chi connectivity index (χ3n) is 3.56. The third-order valence-corrected chi connectivity index (χ3v) is 4.46. The normalized spacial score (nSPS) is 11.8. The van der Waals surface area contributed by atoms with Crippen molar-refractivity contribution in [2.24, 2.45) is 0 Å². The molecule has 0 aliphatic heterocycles. The summed E-state index contributed by atoms with van der Waals surface area (Å²) in [6, 6.07) is 5.09. The van der Waals surface area contributed by atoms with Gasteiger partial charge in [-0.05, 0) is 38.7 Å². The molecule has 1 heterocycles. The minimum atomic E-state index is -4.40. The number of rotatable bonds is 6. The zero-order chi connectivity index (χ0) is 18.6. The molecule has 0 saturated carbocycles. The molecule has 1 amide bonds. The van der Waals surface area contributed by atoms with Gasteiger partial charge in [0, 0.05) is 19.6 Å². The van der Waals surface area contributed by atoms with Crippen LogP contribution in [0, 0.1) is 6.92 Å². The molecule has 136 valence electrons. The van der Waals surface area contributed by atoms with Crippen molar-refractivity contribution in [3.63, 3.8) is 0 Å². The molecule has 0 radical (unpaired) electrons. The second kappa shape index (κ2) is 7.97. The second-order valence-electron chi connectivity index (χ2n) is 5.97. The van der Waals surface area contributed by atoms with Gasteiger partial charge >= 0.3 is 6.18 Å². The quantitative estimate of drug-likeness (QED) is 0.777. The highest BCUT2D eigenvalue weighted by Gasteiger charge is 2.30. The van der Waals surface area contributed by atoms with Crippen LogP contribution < -0.4 is 0 Å². The lowest BCUT2D eigenvalue weighted by Gasteiger charge is -2.24. The van der Waals surface area contributed by atoms with Crippen LogP contribution in [-0.2, 0) is 12.7 Å². The predicted octanol–water partition coefficient (Wildman–Crippen LogP) is 3.67. The first-order valence-corrected chi connectivity index (χ1v) is 8.51. The molecule has 8 heteroatoms. The van der Waals surface area contributed by atoms with E-state index in [1.807, 2.05) is 19.0 Å². The number of carbonyl (C=O) groups excluding carboxylic acids is 1. The molecule has 0 spiro atoms. The van der Waals surface area contributed by atoms with E-state index in [1.165, 1.54) is 23.6 Å². The molecule has 25 heavy (non-hydrogen) atoms. The number of hydrogen-bond acceptors (Lipinski definition) is 4. The highest BCUT2D eigenvalue weighted by molar-refractivity contribution is 7.13. The van der Waals surface area contributed by atoms with Gasteiger partial charge in [0.15, 0.2) is 0 Å². The summed E-state index contributed by atoms with van der Waals surface area (Å²) >= 11 is 1.28. The molecule has 1 aromatic heterocycles. The molecule has 4 nitrogen and oxygen atoms in total. The lowest BCUT2D eigenvalue weighted by atomic mass is 10.1. The topological polar surface area (TPSA) is 36.4 Å². The Balaban J connectivity index is 2.22. The molecule has 0 atom stereocenters. The minimum absolute atomic E-state index is 0.119. The number of likely N-dealkylation sites (N-methyl/N-ethyl adjacent to an activating group) is 1. The van der Waals surface area contributed by atoms with Crippen LogP contribution >= 0.6 is 11.3 Å². The van der Waals surface area contributed by atoms with Crippen LogP contribution in [0.25, 0.3) is 0 Å². The largest absolute Gasteiger partial charge is 0.416 e. The van der Waals surface area contributed by atoms with Crippen molar-refractivity contribution in [2.45, 2.75) is 19.6 Å². The maximum Gasteiger partial charge on any atom is 0.416 e. The first-order valence-electron chi connectivity index (χ1n) is 7.69. The van der Waals surface area contributed by atoms with Gasteiger partial charge in [-0.1, -0.05) is 12.1 Å². The minimum Gasteiger partial charge on any atom is -0.332 e. The summed E-state index contributed by atoms with van der Waals surface area (Å²) in [5.74, 6) is -0.218. The number of benzene rings is 1. The molecular weight excluding hydrogens is 351 g/mol. The van der Waals surface area contributed by atoms with Gasteiger partial charge in [0.1, 0.15) is 4.88 Å². The third kappa shape index (κ3) is 5.54. The number of carbonyl (C=O) groups is 1. The maximum atomic E-state index is 12.9. The zero-order valence-electron chi connectivity index (χ0n) is 14.3. The number of thiazole rings is 1. The standard InChI is InChI=1S/C17H20F3N3OS/c1-12-21-10-15(25-12)16(24)23(8-7-22(2)3)11-13-5-4-6-14(9-13)17(18,19)20/h4-6,9-10H,7-8,11H2,1-3H3. The Morgan fingerprint density at radius 3 is 2.52 bits per heavy atom. The van der Waals surface area contributed by atoms with Crippen LogP contribution in [0.4, 0.5) is 13.2 Å². The summed E-state index contributed by atoms with van der Waals surface area (Å²) in [6.07, 6.45) is -2.89. The van der Waals surface area contributed by atoms with E-state index >= 15 is 0 Å². The lowest BCUT2D eigenvalue weighted by molar-refractivity contribution is -0.137. The summed E-state index contributed by atoms with van der Waals surface area (Å²) in [5.41, 5.74) is -0.262. The first-order chi connectivity index (χ1) is 11.7. The molecule has 0 aliphatic rings. The van der Waals surface area contributed by atoms with Gasteiger partial charge in [-0.15, -0.1) is 11.3 Å². The van der Waals surface area contributed by atoms with E-state index in [9.17, 15) is 18.0 Å². The molecule has 2 rings (SSSR count). The fourth-order valence-corrected chi connectivity index (χ4v) is 3.00. The van der Waals surface area contributed by atoms with Crippen molar-refractivity contribution in [3.05, 3.63) is 51.5 Å². The van der Waals surface area contributed by atoms with Crippen LogP contribution in [0.3, 0.4) is 0 Å². The zero-order valence-corrected chi connectivity index (χ0v) is 15.1. The van der Waals surface area contributed by atoms with Gasteiger partial charge in [-0.3, -0.25) is 4.79 Å². The number of aromatic nitrogens is 1. The highest BCUT2D eigenvalue weighted by Crippen LogP contribution is 2.30. The fourth-order valence-electron chi connectivity index (χ4n) is 2.26. The average Bonchev–Trinajstić information content (AvgIpc) is 2.96. The van der Waals surface area contributed by atoms with E-state index in [1.54, 1.807) is 17.9 Å². The van der Waals surface area contributed by atoms with E-state index in [4.69, 9.17) is 0 Å². The molecule has 0 aliphatic carbocycles. The van der Waals surface area contributed by atoms with Crippen LogP contribution in [0.2, 0.25) is 0 Å². The number of nitrogens with zero attached hydrogens (tertiary/aromatic N) is 3. The lowest BCUT2D eigenvalue weighted by Crippen LogP contribution is -2.36. The number of amides is 1. The SMILES string of the molecule is Cc1ncc(C(=O)N(CCN(C)C)Cc2cccc(C(F)(F)F)c2)s1. The molecule has 0 saturated heterocycles. The molecule has 2 aromatic rings. The van der Waals surface area contributed by atoms with Gasteiger partial charge in [0.05, 0.1) is 16.8 Å². The molecule has 0 bridgehead atoms. The fraction of sp³-hybridized carbons (Fsp3) is 0.412. The Hall–Kier alpha value is -1.93. The monoisotopic (exact) mass is 371 g/mol. The smallest absolute Gasteiger partial charge is 0.332 e. The Morgan fingerprint density at radius 1 is 1.24 bits per heavy atom. The van der Waals surface area contributed by atoms with Crippen LogP contribution in [0.15, 0.2) is 30.5 Å².